The number of fused-ring (bicyclic) bond motifs is 3. The van der Waals surface area contributed by atoms with Crippen LogP contribution < -0.4 is 15.6 Å². The number of carboxylic acid groups (broad SMARTS) is 1. The SMILES string of the molecule is CC(COc1ccc2c3ccncc3c(=O)n(C(C)C)c2c1)CC(C)NC(=O)O. The van der Waals surface area contributed by atoms with Crippen LogP contribution in [-0.4, -0.2) is 33.4 Å². The largest absolute Gasteiger partial charge is 0.493 e. The molecule has 2 N–H and O–H groups in total. The minimum atomic E-state index is -1.02. The zero-order chi connectivity index (χ0) is 21.1. The van der Waals surface area contributed by atoms with Gasteiger partial charge in [-0.05, 0) is 56.7 Å². The predicted molar refractivity (Wildman–Crippen MR) is 114 cm³/mol. The molecule has 0 aliphatic heterocycles. The summed E-state index contributed by atoms with van der Waals surface area (Å²) >= 11 is 0. The molecule has 7 heteroatoms. The molecule has 1 amide bonds. The maximum Gasteiger partial charge on any atom is 0.404 e. The molecular formula is C22H27N3O4. The smallest absolute Gasteiger partial charge is 0.404 e. The Labute approximate surface area is 169 Å². The van der Waals surface area contributed by atoms with Crippen molar-refractivity contribution >= 4 is 27.8 Å². The van der Waals surface area contributed by atoms with E-state index in [9.17, 15) is 9.59 Å². The average Bonchev–Trinajstić information content (AvgIpc) is 2.65. The number of benzene rings is 1. The van der Waals surface area contributed by atoms with Crippen molar-refractivity contribution in [3.63, 3.8) is 0 Å². The number of rotatable bonds is 7. The topological polar surface area (TPSA) is 93.5 Å². The third-order valence-electron chi connectivity index (χ3n) is 4.97. The van der Waals surface area contributed by atoms with Gasteiger partial charge in [0.15, 0.2) is 0 Å². The summed E-state index contributed by atoms with van der Waals surface area (Å²) in [7, 11) is 0. The van der Waals surface area contributed by atoms with E-state index < -0.39 is 6.09 Å². The molecule has 2 heterocycles. The maximum atomic E-state index is 13.0. The van der Waals surface area contributed by atoms with Crippen LogP contribution in [-0.2, 0) is 0 Å². The minimum absolute atomic E-state index is 0.00766. The second-order valence-corrected chi connectivity index (χ2v) is 7.87. The van der Waals surface area contributed by atoms with Crippen molar-refractivity contribution in [1.82, 2.24) is 14.9 Å². The van der Waals surface area contributed by atoms with E-state index >= 15 is 0 Å². The van der Waals surface area contributed by atoms with Crippen LogP contribution >= 0.6 is 0 Å². The Morgan fingerprint density at radius 1 is 1.17 bits per heavy atom. The van der Waals surface area contributed by atoms with Gasteiger partial charge in [-0.25, -0.2) is 4.79 Å². The first kappa shape index (κ1) is 20.6. The molecule has 0 saturated carbocycles. The molecule has 3 rings (SSSR count). The third kappa shape index (κ3) is 4.50. The molecule has 29 heavy (non-hydrogen) atoms. The highest BCUT2D eigenvalue weighted by Crippen LogP contribution is 2.28. The first-order valence-electron chi connectivity index (χ1n) is 9.82. The molecular weight excluding hydrogens is 370 g/mol. The number of amides is 1. The zero-order valence-corrected chi connectivity index (χ0v) is 17.2. The molecule has 7 nitrogen and oxygen atoms in total. The second kappa shape index (κ2) is 8.51. The van der Waals surface area contributed by atoms with Crippen molar-refractivity contribution in [2.75, 3.05) is 6.61 Å². The minimum Gasteiger partial charge on any atom is -0.493 e. The lowest BCUT2D eigenvalue weighted by molar-refractivity contribution is 0.185. The quantitative estimate of drug-likeness (QED) is 0.583. The Balaban J connectivity index is 1.90. The molecule has 154 valence electrons. The van der Waals surface area contributed by atoms with E-state index in [0.717, 1.165) is 16.3 Å². The molecule has 0 radical (unpaired) electrons. The molecule has 1 aromatic carbocycles. The first-order chi connectivity index (χ1) is 13.8. The van der Waals surface area contributed by atoms with Gasteiger partial charge in [0, 0.05) is 35.9 Å². The van der Waals surface area contributed by atoms with Crippen molar-refractivity contribution in [1.29, 1.82) is 0 Å². The van der Waals surface area contributed by atoms with Crippen LogP contribution in [0.25, 0.3) is 21.7 Å². The summed E-state index contributed by atoms with van der Waals surface area (Å²) in [5, 5.41) is 13.7. The zero-order valence-electron chi connectivity index (χ0n) is 17.2. The highest BCUT2D eigenvalue weighted by Gasteiger charge is 2.15. The third-order valence-corrected chi connectivity index (χ3v) is 4.97. The van der Waals surface area contributed by atoms with Crippen LogP contribution in [0, 0.1) is 5.92 Å². The number of nitrogens with zero attached hydrogens (tertiary/aromatic N) is 2. The maximum absolute atomic E-state index is 13.0. The van der Waals surface area contributed by atoms with E-state index in [4.69, 9.17) is 9.84 Å². The van der Waals surface area contributed by atoms with Gasteiger partial charge in [0.1, 0.15) is 5.75 Å². The number of pyridine rings is 2. The Bertz CT molecular complexity index is 1090. The van der Waals surface area contributed by atoms with Gasteiger partial charge in [0.25, 0.3) is 5.56 Å². The van der Waals surface area contributed by atoms with Crippen molar-refractivity contribution in [3.8, 4) is 5.75 Å². The fourth-order valence-electron chi connectivity index (χ4n) is 3.76. The van der Waals surface area contributed by atoms with E-state index in [1.807, 2.05) is 52.0 Å². The van der Waals surface area contributed by atoms with Gasteiger partial charge in [0.05, 0.1) is 17.5 Å². The fourth-order valence-corrected chi connectivity index (χ4v) is 3.76. The lowest BCUT2D eigenvalue weighted by atomic mass is 10.0. The number of hydrogen-bond acceptors (Lipinski definition) is 4. The van der Waals surface area contributed by atoms with Crippen LogP contribution in [0.15, 0.2) is 41.5 Å². The van der Waals surface area contributed by atoms with Gasteiger partial charge in [-0.1, -0.05) is 6.92 Å². The van der Waals surface area contributed by atoms with Crippen molar-refractivity contribution in [2.24, 2.45) is 5.92 Å². The van der Waals surface area contributed by atoms with Gasteiger partial charge in [-0.2, -0.15) is 0 Å². The number of nitrogens with one attached hydrogen (secondary N) is 1. The highest BCUT2D eigenvalue weighted by atomic mass is 16.5. The average molecular weight is 397 g/mol. The molecule has 2 aromatic heterocycles. The van der Waals surface area contributed by atoms with E-state index in [-0.39, 0.29) is 23.6 Å². The fraction of sp³-hybridized carbons (Fsp3) is 0.409. The summed E-state index contributed by atoms with van der Waals surface area (Å²) in [6.45, 7) is 8.28. The summed E-state index contributed by atoms with van der Waals surface area (Å²) in [5.74, 6) is 0.855. The molecule has 3 aromatic rings. The Morgan fingerprint density at radius 3 is 2.62 bits per heavy atom. The van der Waals surface area contributed by atoms with Crippen LogP contribution in [0.2, 0.25) is 0 Å². The van der Waals surface area contributed by atoms with E-state index in [0.29, 0.717) is 24.2 Å². The van der Waals surface area contributed by atoms with Gasteiger partial charge >= 0.3 is 6.09 Å². The molecule has 2 atom stereocenters. The van der Waals surface area contributed by atoms with Crippen LogP contribution in [0.4, 0.5) is 4.79 Å². The Hall–Kier alpha value is -3.09. The Kier molecular flexibility index (Phi) is 6.06. The molecule has 0 aliphatic carbocycles. The lowest BCUT2D eigenvalue weighted by Crippen LogP contribution is -2.33. The number of carbonyl (C=O) groups is 1. The van der Waals surface area contributed by atoms with Crippen LogP contribution in [0.1, 0.15) is 40.2 Å². The van der Waals surface area contributed by atoms with E-state index in [1.54, 1.807) is 17.0 Å². The molecule has 0 fully saturated rings. The number of aromatic nitrogens is 2. The normalized spacial score (nSPS) is 13.6. The van der Waals surface area contributed by atoms with E-state index in [2.05, 4.69) is 10.3 Å². The number of hydrogen-bond donors (Lipinski definition) is 2. The Morgan fingerprint density at radius 2 is 1.93 bits per heavy atom. The lowest BCUT2D eigenvalue weighted by Gasteiger charge is -2.19. The van der Waals surface area contributed by atoms with Crippen LogP contribution in [0.5, 0.6) is 5.75 Å². The molecule has 0 saturated heterocycles. The number of ether oxygens (including phenoxy) is 1. The van der Waals surface area contributed by atoms with Crippen molar-refractivity contribution < 1.29 is 14.6 Å². The second-order valence-electron chi connectivity index (χ2n) is 7.87. The van der Waals surface area contributed by atoms with E-state index in [1.165, 1.54) is 0 Å². The van der Waals surface area contributed by atoms with Gasteiger partial charge in [0.2, 0.25) is 0 Å². The van der Waals surface area contributed by atoms with Gasteiger partial charge in [-0.15, -0.1) is 0 Å². The molecule has 0 aliphatic rings. The van der Waals surface area contributed by atoms with Crippen molar-refractivity contribution in [2.45, 2.75) is 46.2 Å². The molecule has 2 unspecified atom stereocenters. The van der Waals surface area contributed by atoms with Gasteiger partial charge < -0.3 is 19.7 Å². The first-order valence-corrected chi connectivity index (χ1v) is 9.82. The monoisotopic (exact) mass is 397 g/mol. The summed E-state index contributed by atoms with van der Waals surface area (Å²) in [6.07, 6.45) is 2.97. The summed E-state index contributed by atoms with van der Waals surface area (Å²) in [4.78, 5) is 27.8. The highest BCUT2D eigenvalue weighted by molar-refractivity contribution is 6.05. The summed E-state index contributed by atoms with van der Waals surface area (Å²) < 4.78 is 7.74. The summed E-state index contributed by atoms with van der Waals surface area (Å²) in [6, 6.07) is 7.50. The molecule has 0 bridgehead atoms. The molecule has 0 spiro atoms. The van der Waals surface area contributed by atoms with Crippen LogP contribution in [0.3, 0.4) is 0 Å². The predicted octanol–water partition coefficient (Wildman–Crippen LogP) is 4.19. The van der Waals surface area contributed by atoms with Crippen molar-refractivity contribution in [3.05, 3.63) is 47.0 Å². The van der Waals surface area contributed by atoms with Gasteiger partial charge in [-0.3, -0.25) is 9.78 Å². The standard InChI is InChI=1S/C22H27N3O4/c1-13(2)25-20-10-16(29-12-14(3)9-15(4)24-22(27)28)5-6-18(20)17-7-8-23-11-19(17)21(25)26/h5-8,10-11,13-15,24H,9,12H2,1-4H3,(H,27,28). The summed E-state index contributed by atoms with van der Waals surface area (Å²) in [5.41, 5.74) is 0.768.